The number of hydrogen-bond acceptors (Lipinski definition) is 5. The minimum absolute atomic E-state index is 0.156. The van der Waals surface area contributed by atoms with Gasteiger partial charge in [0.25, 0.3) is 0 Å². The van der Waals surface area contributed by atoms with E-state index in [0.717, 1.165) is 4.88 Å². The SMILES string of the molecule is COC(=O)Cc1cnc(NC(N)=S)s1. The topological polar surface area (TPSA) is 77.2 Å². The maximum absolute atomic E-state index is 10.9. The molecule has 0 aliphatic rings. The molecule has 5 nitrogen and oxygen atoms in total. The first-order chi connectivity index (χ1) is 6.61. The summed E-state index contributed by atoms with van der Waals surface area (Å²) in [6.07, 6.45) is 1.80. The van der Waals surface area contributed by atoms with E-state index in [0.29, 0.717) is 5.13 Å². The second kappa shape index (κ2) is 4.87. The van der Waals surface area contributed by atoms with Crippen molar-refractivity contribution in [1.29, 1.82) is 0 Å². The van der Waals surface area contributed by atoms with Crippen molar-refractivity contribution in [1.82, 2.24) is 4.98 Å². The molecule has 1 aromatic heterocycles. The van der Waals surface area contributed by atoms with Gasteiger partial charge < -0.3 is 15.8 Å². The van der Waals surface area contributed by atoms with Gasteiger partial charge in [-0.2, -0.15) is 0 Å². The van der Waals surface area contributed by atoms with Gasteiger partial charge in [0.2, 0.25) is 0 Å². The maximum Gasteiger partial charge on any atom is 0.310 e. The molecule has 0 fully saturated rings. The Morgan fingerprint density at radius 2 is 2.57 bits per heavy atom. The Labute approximate surface area is 90.3 Å². The predicted molar refractivity (Wildman–Crippen MR) is 58.2 cm³/mol. The Balaban J connectivity index is 2.59. The summed E-state index contributed by atoms with van der Waals surface area (Å²) >= 11 is 5.95. The Hall–Kier alpha value is -1.21. The van der Waals surface area contributed by atoms with Crippen LogP contribution in [0.1, 0.15) is 4.88 Å². The van der Waals surface area contributed by atoms with Crippen LogP contribution in [0.4, 0.5) is 5.13 Å². The van der Waals surface area contributed by atoms with Gasteiger partial charge in [-0.1, -0.05) is 0 Å². The van der Waals surface area contributed by atoms with E-state index in [1.165, 1.54) is 18.4 Å². The number of ether oxygens (including phenoxy) is 1. The first-order valence-electron chi connectivity index (χ1n) is 3.70. The van der Waals surface area contributed by atoms with Gasteiger partial charge in [0.05, 0.1) is 13.5 Å². The molecule has 0 aliphatic heterocycles. The fraction of sp³-hybridized carbons (Fsp3) is 0.286. The zero-order chi connectivity index (χ0) is 10.6. The van der Waals surface area contributed by atoms with Crippen LogP contribution >= 0.6 is 23.6 Å². The quantitative estimate of drug-likeness (QED) is 0.583. The number of anilines is 1. The summed E-state index contributed by atoms with van der Waals surface area (Å²) in [5, 5.41) is 3.42. The first kappa shape index (κ1) is 10.9. The number of esters is 1. The van der Waals surface area contributed by atoms with Gasteiger partial charge in [-0.15, -0.1) is 11.3 Å². The van der Waals surface area contributed by atoms with Crippen molar-refractivity contribution in [2.24, 2.45) is 5.73 Å². The number of nitrogens with zero attached hydrogens (tertiary/aromatic N) is 1. The van der Waals surface area contributed by atoms with Crippen molar-refractivity contribution in [3.63, 3.8) is 0 Å². The molecule has 0 saturated carbocycles. The van der Waals surface area contributed by atoms with E-state index >= 15 is 0 Å². The fourth-order valence-corrected chi connectivity index (χ4v) is 1.74. The summed E-state index contributed by atoms with van der Waals surface area (Å²) in [4.78, 5) is 15.7. The number of thiazole rings is 1. The molecule has 0 radical (unpaired) electrons. The lowest BCUT2D eigenvalue weighted by molar-refractivity contribution is -0.139. The summed E-state index contributed by atoms with van der Waals surface area (Å²) in [5.74, 6) is -0.296. The summed E-state index contributed by atoms with van der Waals surface area (Å²) in [6.45, 7) is 0. The van der Waals surface area contributed by atoms with E-state index < -0.39 is 0 Å². The number of nitrogens with one attached hydrogen (secondary N) is 1. The second-order valence-corrected chi connectivity index (χ2v) is 3.93. The molecule has 0 aromatic carbocycles. The van der Waals surface area contributed by atoms with E-state index in [9.17, 15) is 4.79 Å². The lowest BCUT2D eigenvalue weighted by Crippen LogP contribution is -2.18. The summed E-state index contributed by atoms with van der Waals surface area (Å²) in [5.41, 5.74) is 5.26. The molecule has 76 valence electrons. The van der Waals surface area contributed by atoms with Crippen LogP contribution in [0.5, 0.6) is 0 Å². The normalized spacial score (nSPS) is 9.50. The first-order valence-corrected chi connectivity index (χ1v) is 4.92. The van der Waals surface area contributed by atoms with Crippen molar-refractivity contribution in [3.05, 3.63) is 11.1 Å². The van der Waals surface area contributed by atoms with Crippen molar-refractivity contribution in [3.8, 4) is 0 Å². The molecular formula is C7H9N3O2S2. The number of hydrogen-bond donors (Lipinski definition) is 2. The number of aromatic nitrogens is 1. The third-order valence-electron chi connectivity index (χ3n) is 1.33. The van der Waals surface area contributed by atoms with Gasteiger partial charge in [0, 0.05) is 11.1 Å². The largest absolute Gasteiger partial charge is 0.469 e. The van der Waals surface area contributed by atoms with Crippen LogP contribution < -0.4 is 11.1 Å². The third kappa shape index (κ3) is 3.27. The van der Waals surface area contributed by atoms with E-state index in [-0.39, 0.29) is 17.5 Å². The highest BCUT2D eigenvalue weighted by atomic mass is 32.1. The van der Waals surface area contributed by atoms with E-state index in [2.05, 4.69) is 27.3 Å². The second-order valence-electron chi connectivity index (χ2n) is 2.37. The van der Waals surface area contributed by atoms with Crippen LogP contribution in [-0.2, 0) is 16.0 Å². The lowest BCUT2D eigenvalue weighted by Gasteiger charge is -1.96. The smallest absolute Gasteiger partial charge is 0.310 e. The Morgan fingerprint density at radius 1 is 1.86 bits per heavy atom. The van der Waals surface area contributed by atoms with Crippen LogP contribution in [0.3, 0.4) is 0 Å². The fourth-order valence-electron chi connectivity index (χ4n) is 0.767. The molecule has 0 bridgehead atoms. The average molecular weight is 231 g/mol. The van der Waals surface area contributed by atoms with Crippen LogP contribution in [0.25, 0.3) is 0 Å². The Kier molecular flexibility index (Phi) is 3.78. The minimum Gasteiger partial charge on any atom is -0.469 e. The van der Waals surface area contributed by atoms with E-state index in [1.54, 1.807) is 6.20 Å². The summed E-state index contributed by atoms with van der Waals surface area (Å²) in [7, 11) is 1.34. The number of nitrogens with two attached hydrogens (primary N) is 1. The molecule has 3 N–H and O–H groups in total. The van der Waals surface area contributed by atoms with Crippen molar-refractivity contribution in [2.45, 2.75) is 6.42 Å². The van der Waals surface area contributed by atoms with Crippen LogP contribution in [-0.4, -0.2) is 23.2 Å². The molecular weight excluding hydrogens is 222 g/mol. The monoisotopic (exact) mass is 231 g/mol. The Morgan fingerprint density at radius 3 is 3.14 bits per heavy atom. The molecule has 1 aromatic rings. The summed E-state index contributed by atoms with van der Waals surface area (Å²) < 4.78 is 4.51. The number of methoxy groups -OCH3 is 1. The molecule has 1 heterocycles. The van der Waals surface area contributed by atoms with Crippen LogP contribution in [0.15, 0.2) is 6.20 Å². The number of rotatable bonds is 3. The van der Waals surface area contributed by atoms with Gasteiger partial charge in [-0.05, 0) is 12.2 Å². The highest BCUT2D eigenvalue weighted by Crippen LogP contribution is 2.18. The van der Waals surface area contributed by atoms with Crippen molar-refractivity contribution >= 4 is 39.8 Å². The molecule has 0 unspecified atom stereocenters. The van der Waals surface area contributed by atoms with Crippen LogP contribution in [0, 0.1) is 0 Å². The Bertz CT molecular complexity index is 350. The molecule has 7 heteroatoms. The maximum atomic E-state index is 10.9. The molecule has 0 amide bonds. The number of thiocarbonyl (C=S) groups is 1. The van der Waals surface area contributed by atoms with Crippen molar-refractivity contribution < 1.29 is 9.53 Å². The van der Waals surface area contributed by atoms with Gasteiger partial charge >= 0.3 is 5.97 Å². The molecule has 14 heavy (non-hydrogen) atoms. The molecule has 0 saturated heterocycles. The highest BCUT2D eigenvalue weighted by Gasteiger charge is 2.07. The van der Waals surface area contributed by atoms with Gasteiger partial charge in [0.15, 0.2) is 10.2 Å². The predicted octanol–water partition coefficient (Wildman–Crippen LogP) is 0.514. The molecule has 0 aliphatic carbocycles. The zero-order valence-corrected chi connectivity index (χ0v) is 9.08. The summed E-state index contributed by atoms with van der Waals surface area (Å²) in [6, 6.07) is 0. The van der Waals surface area contributed by atoms with E-state index in [1.807, 2.05) is 0 Å². The van der Waals surface area contributed by atoms with Crippen LogP contribution in [0.2, 0.25) is 0 Å². The number of carbonyl (C=O) groups is 1. The van der Waals surface area contributed by atoms with Gasteiger partial charge in [0.1, 0.15) is 0 Å². The molecule has 0 atom stereocenters. The molecule has 0 spiro atoms. The van der Waals surface area contributed by atoms with Gasteiger partial charge in [-0.25, -0.2) is 4.98 Å². The zero-order valence-electron chi connectivity index (χ0n) is 7.44. The van der Waals surface area contributed by atoms with Crippen molar-refractivity contribution in [2.75, 3.05) is 12.4 Å². The van der Waals surface area contributed by atoms with Gasteiger partial charge in [-0.3, -0.25) is 4.79 Å². The standard InChI is InChI=1S/C7H9N3O2S2/c1-12-5(11)2-4-3-9-7(14-4)10-6(8)13/h3H,2H2,1H3,(H3,8,9,10,13). The molecule has 1 rings (SSSR count). The highest BCUT2D eigenvalue weighted by molar-refractivity contribution is 7.80. The minimum atomic E-state index is -0.296. The average Bonchev–Trinajstić information content (AvgIpc) is 2.51. The third-order valence-corrected chi connectivity index (χ3v) is 2.34. The van der Waals surface area contributed by atoms with E-state index in [4.69, 9.17) is 5.73 Å². The number of carbonyl (C=O) groups excluding carboxylic acids is 1. The lowest BCUT2D eigenvalue weighted by atomic mass is 10.4.